The van der Waals surface area contributed by atoms with Gasteiger partial charge in [-0.3, -0.25) is 0 Å². The molecular weight excluding hydrogens is 170 g/mol. The second kappa shape index (κ2) is 2.74. The minimum Gasteiger partial charge on any atom is -0.398 e. The van der Waals surface area contributed by atoms with E-state index >= 15 is 0 Å². The van der Waals surface area contributed by atoms with Crippen LogP contribution in [0, 0.1) is 0 Å². The molecule has 0 aromatic heterocycles. The SMILES string of the molecule is Nc1cc2c(c3ccccc13)CCC2. The number of fused-ring (bicyclic) bond motifs is 3. The van der Waals surface area contributed by atoms with Gasteiger partial charge in [-0.15, -0.1) is 0 Å². The van der Waals surface area contributed by atoms with Crippen LogP contribution in [0.1, 0.15) is 17.5 Å². The van der Waals surface area contributed by atoms with E-state index in [4.69, 9.17) is 5.73 Å². The van der Waals surface area contributed by atoms with Crippen molar-refractivity contribution in [1.29, 1.82) is 0 Å². The van der Waals surface area contributed by atoms with Gasteiger partial charge < -0.3 is 5.73 Å². The Morgan fingerprint density at radius 1 is 1.00 bits per heavy atom. The summed E-state index contributed by atoms with van der Waals surface area (Å²) in [6, 6.07) is 10.6. The Balaban J connectivity index is 2.47. The molecule has 0 amide bonds. The molecule has 0 heterocycles. The lowest BCUT2D eigenvalue weighted by Gasteiger charge is -2.07. The van der Waals surface area contributed by atoms with Crippen LogP contribution in [-0.4, -0.2) is 0 Å². The van der Waals surface area contributed by atoms with Gasteiger partial charge in [0, 0.05) is 11.1 Å². The van der Waals surface area contributed by atoms with Gasteiger partial charge >= 0.3 is 0 Å². The fourth-order valence-corrected chi connectivity index (χ4v) is 2.50. The van der Waals surface area contributed by atoms with Crippen LogP contribution in [0.25, 0.3) is 10.8 Å². The van der Waals surface area contributed by atoms with Gasteiger partial charge in [0.1, 0.15) is 0 Å². The van der Waals surface area contributed by atoms with Crippen LogP contribution in [0.2, 0.25) is 0 Å². The first-order chi connectivity index (χ1) is 6.86. The molecule has 0 saturated heterocycles. The van der Waals surface area contributed by atoms with Crippen LogP contribution in [0.3, 0.4) is 0 Å². The number of nitrogen functional groups attached to an aromatic ring is 1. The third-order valence-electron chi connectivity index (χ3n) is 3.15. The largest absolute Gasteiger partial charge is 0.398 e. The summed E-state index contributed by atoms with van der Waals surface area (Å²) < 4.78 is 0. The van der Waals surface area contributed by atoms with Crippen molar-refractivity contribution in [2.24, 2.45) is 0 Å². The van der Waals surface area contributed by atoms with Crippen LogP contribution in [-0.2, 0) is 12.8 Å². The van der Waals surface area contributed by atoms with Gasteiger partial charge in [-0.1, -0.05) is 24.3 Å². The normalized spacial score (nSPS) is 14.6. The topological polar surface area (TPSA) is 26.0 Å². The zero-order valence-corrected chi connectivity index (χ0v) is 8.09. The molecule has 0 bridgehead atoms. The molecule has 14 heavy (non-hydrogen) atoms. The van der Waals surface area contributed by atoms with E-state index in [1.165, 1.54) is 41.2 Å². The molecule has 2 aromatic carbocycles. The van der Waals surface area contributed by atoms with Gasteiger partial charge in [0.05, 0.1) is 0 Å². The number of aryl methyl sites for hydroxylation is 2. The summed E-state index contributed by atoms with van der Waals surface area (Å²) in [6.45, 7) is 0. The minimum atomic E-state index is 0.932. The molecule has 1 aliphatic rings. The summed E-state index contributed by atoms with van der Waals surface area (Å²) in [5, 5.41) is 2.58. The lowest BCUT2D eigenvalue weighted by atomic mass is 9.99. The van der Waals surface area contributed by atoms with E-state index in [1.54, 1.807) is 0 Å². The van der Waals surface area contributed by atoms with Crippen LogP contribution in [0.4, 0.5) is 5.69 Å². The maximum atomic E-state index is 6.03. The fourth-order valence-electron chi connectivity index (χ4n) is 2.50. The van der Waals surface area contributed by atoms with Crippen molar-refractivity contribution in [3.05, 3.63) is 41.5 Å². The number of hydrogen-bond acceptors (Lipinski definition) is 1. The zero-order valence-electron chi connectivity index (χ0n) is 8.09. The summed E-state index contributed by atoms with van der Waals surface area (Å²) in [4.78, 5) is 0. The molecule has 0 aliphatic heterocycles. The van der Waals surface area contributed by atoms with E-state index in [-0.39, 0.29) is 0 Å². The maximum absolute atomic E-state index is 6.03. The molecule has 3 rings (SSSR count). The third kappa shape index (κ3) is 0.955. The van der Waals surface area contributed by atoms with Gasteiger partial charge in [0.15, 0.2) is 0 Å². The molecule has 0 unspecified atom stereocenters. The van der Waals surface area contributed by atoms with E-state index in [9.17, 15) is 0 Å². The Hall–Kier alpha value is -1.50. The lowest BCUT2D eigenvalue weighted by Crippen LogP contribution is -1.92. The van der Waals surface area contributed by atoms with E-state index in [1.807, 2.05) is 0 Å². The van der Waals surface area contributed by atoms with Crippen LogP contribution >= 0.6 is 0 Å². The highest BCUT2D eigenvalue weighted by molar-refractivity contribution is 5.96. The molecule has 1 heteroatoms. The Morgan fingerprint density at radius 3 is 2.64 bits per heavy atom. The molecular formula is C13H13N. The number of anilines is 1. The number of nitrogens with two attached hydrogens (primary N) is 1. The van der Waals surface area contributed by atoms with Crippen molar-refractivity contribution in [3.8, 4) is 0 Å². The first-order valence-electron chi connectivity index (χ1n) is 5.15. The van der Waals surface area contributed by atoms with Crippen molar-refractivity contribution in [2.45, 2.75) is 19.3 Å². The van der Waals surface area contributed by atoms with Gasteiger partial charge in [-0.2, -0.15) is 0 Å². The quantitative estimate of drug-likeness (QED) is 0.624. The Morgan fingerprint density at radius 2 is 1.79 bits per heavy atom. The highest BCUT2D eigenvalue weighted by Gasteiger charge is 2.14. The average Bonchev–Trinajstić information content (AvgIpc) is 2.66. The van der Waals surface area contributed by atoms with Crippen LogP contribution in [0.15, 0.2) is 30.3 Å². The Bertz CT molecular complexity index is 500. The molecule has 1 nitrogen and oxygen atoms in total. The van der Waals surface area contributed by atoms with Crippen molar-refractivity contribution < 1.29 is 0 Å². The Kier molecular flexibility index (Phi) is 1.54. The second-order valence-corrected chi connectivity index (χ2v) is 4.00. The lowest BCUT2D eigenvalue weighted by molar-refractivity contribution is 0.913. The molecule has 0 fully saturated rings. The van der Waals surface area contributed by atoms with Crippen LogP contribution < -0.4 is 5.73 Å². The summed E-state index contributed by atoms with van der Waals surface area (Å²) >= 11 is 0. The molecule has 0 atom stereocenters. The predicted octanol–water partition coefficient (Wildman–Crippen LogP) is 2.91. The summed E-state index contributed by atoms with van der Waals surface area (Å²) in [5.41, 5.74) is 9.94. The summed E-state index contributed by atoms with van der Waals surface area (Å²) in [6.07, 6.45) is 3.70. The van der Waals surface area contributed by atoms with Crippen molar-refractivity contribution >= 4 is 16.5 Å². The number of rotatable bonds is 0. The standard InChI is InChI=1S/C13H13N/c14-13-8-9-4-3-7-10(9)11-5-1-2-6-12(11)13/h1-2,5-6,8H,3-4,7,14H2. The van der Waals surface area contributed by atoms with Crippen molar-refractivity contribution in [3.63, 3.8) is 0 Å². The highest BCUT2D eigenvalue weighted by Crippen LogP contribution is 2.33. The average molecular weight is 183 g/mol. The minimum absolute atomic E-state index is 0.932. The van der Waals surface area contributed by atoms with Crippen molar-refractivity contribution in [1.82, 2.24) is 0 Å². The first-order valence-corrected chi connectivity index (χ1v) is 5.15. The summed E-state index contributed by atoms with van der Waals surface area (Å²) in [7, 11) is 0. The van der Waals surface area contributed by atoms with Gasteiger partial charge in [-0.25, -0.2) is 0 Å². The van der Waals surface area contributed by atoms with Crippen LogP contribution in [0.5, 0.6) is 0 Å². The molecule has 2 aromatic rings. The monoisotopic (exact) mass is 183 g/mol. The number of hydrogen-bond donors (Lipinski definition) is 1. The summed E-state index contributed by atoms with van der Waals surface area (Å²) in [5.74, 6) is 0. The van der Waals surface area contributed by atoms with E-state index in [0.717, 1.165) is 5.69 Å². The molecule has 0 radical (unpaired) electrons. The van der Waals surface area contributed by atoms with E-state index in [2.05, 4.69) is 30.3 Å². The Labute approximate surface area is 83.5 Å². The molecule has 1 aliphatic carbocycles. The van der Waals surface area contributed by atoms with E-state index < -0.39 is 0 Å². The fraction of sp³-hybridized carbons (Fsp3) is 0.231. The van der Waals surface area contributed by atoms with Gasteiger partial charge in [-0.05, 0) is 41.8 Å². The van der Waals surface area contributed by atoms with Gasteiger partial charge in [0.25, 0.3) is 0 Å². The smallest absolute Gasteiger partial charge is 0.0396 e. The zero-order chi connectivity index (χ0) is 9.54. The molecule has 2 N–H and O–H groups in total. The third-order valence-corrected chi connectivity index (χ3v) is 3.15. The number of benzene rings is 2. The van der Waals surface area contributed by atoms with Crippen molar-refractivity contribution in [2.75, 3.05) is 5.73 Å². The molecule has 70 valence electrons. The van der Waals surface area contributed by atoms with E-state index in [0.29, 0.717) is 0 Å². The molecule has 0 spiro atoms. The highest BCUT2D eigenvalue weighted by atomic mass is 14.6. The predicted molar refractivity (Wildman–Crippen MR) is 60.4 cm³/mol. The second-order valence-electron chi connectivity index (χ2n) is 4.00. The maximum Gasteiger partial charge on any atom is 0.0396 e. The molecule has 0 saturated carbocycles. The van der Waals surface area contributed by atoms with Gasteiger partial charge in [0.2, 0.25) is 0 Å². The first kappa shape index (κ1) is 7.86.